The molecule has 0 aliphatic rings. The Morgan fingerprint density at radius 2 is 1.17 bits per heavy atom. The summed E-state index contributed by atoms with van der Waals surface area (Å²) in [6, 6.07) is 0. The molecule has 0 bridgehead atoms. The van der Waals surface area contributed by atoms with E-state index < -0.39 is 0 Å². The van der Waals surface area contributed by atoms with Gasteiger partial charge in [0.25, 0.3) is 0 Å². The molecule has 0 aliphatic carbocycles. The highest BCUT2D eigenvalue weighted by atomic mass is 17.2. The SMILES string of the molecule is CCC(C)COOCC(C)CC. The fourth-order valence-electron chi connectivity index (χ4n) is 0.564. The zero-order valence-corrected chi connectivity index (χ0v) is 8.80. The Bertz CT molecular complexity index is 81.8. The fourth-order valence-corrected chi connectivity index (χ4v) is 0.564. The van der Waals surface area contributed by atoms with Crippen LogP contribution in [-0.4, -0.2) is 13.2 Å². The zero-order chi connectivity index (χ0) is 9.40. The summed E-state index contributed by atoms with van der Waals surface area (Å²) in [6.45, 7) is 10.1. The summed E-state index contributed by atoms with van der Waals surface area (Å²) in [5.41, 5.74) is 0. The number of hydrogen-bond donors (Lipinski definition) is 0. The Hall–Kier alpha value is -0.0800. The molecule has 0 aromatic rings. The van der Waals surface area contributed by atoms with E-state index in [0.29, 0.717) is 25.0 Å². The highest BCUT2D eigenvalue weighted by Crippen LogP contribution is 2.04. The van der Waals surface area contributed by atoms with Crippen molar-refractivity contribution in [2.24, 2.45) is 11.8 Å². The molecule has 12 heavy (non-hydrogen) atoms. The first-order valence-electron chi connectivity index (χ1n) is 4.95. The maximum Gasteiger partial charge on any atom is 0.0847 e. The predicted molar refractivity (Wildman–Crippen MR) is 50.8 cm³/mol. The Morgan fingerprint density at radius 3 is 1.42 bits per heavy atom. The Balaban J connectivity index is 3.10. The highest BCUT2D eigenvalue weighted by Gasteiger charge is 2.01. The predicted octanol–water partition coefficient (Wildman–Crippen LogP) is 3.03. The number of hydrogen-bond acceptors (Lipinski definition) is 2. The van der Waals surface area contributed by atoms with E-state index in [-0.39, 0.29) is 0 Å². The minimum absolute atomic E-state index is 0.599. The molecule has 2 unspecified atom stereocenters. The molecule has 0 amide bonds. The van der Waals surface area contributed by atoms with Gasteiger partial charge in [-0.25, -0.2) is 9.78 Å². The van der Waals surface area contributed by atoms with Crippen LogP contribution in [0, 0.1) is 11.8 Å². The first-order chi connectivity index (χ1) is 5.70. The standard InChI is InChI=1S/C10H22O2/c1-5-9(3)7-11-12-8-10(4)6-2/h9-10H,5-8H2,1-4H3. The fraction of sp³-hybridized carbons (Fsp3) is 1.00. The van der Waals surface area contributed by atoms with E-state index >= 15 is 0 Å². The maximum atomic E-state index is 5.06. The normalized spacial score (nSPS) is 16.0. The lowest BCUT2D eigenvalue weighted by molar-refractivity contribution is -0.306. The second-order valence-corrected chi connectivity index (χ2v) is 3.60. The third-order valence-corrected chi connectivity index (χ3v) is 2.18. The van der Waals surface area contributed by atoms with Gasteiger partial charge in [0.1, 0.15) is 0 Å². The maximum absolute atomic E-state index is 5.06. The monoisotopic (exact) mass is 174 g/mol. The molecule has 0 heterocycles. The summed E-state index contributed by atoms with van der Waals surface area (Å²) in [5.74, 6) is 1.20. The van der Waals surface area contributed by atoms with Crippen molar-refractivity contribution in [1.82, 2.24) is 0 Å². The molecule has 0 spiro atoms. The van der Waals surface area contributed by atoms with Gasteiger partial charge in [0.15, 0.2) is 0 Å². The van der Waals surface area contributed by atoms with Crippen molar-refractivity contribution < 1.29 is 9.78 Å². The van der Waals surface area contributed by atoms with Crippen molar-refractivity contribution in [3.05, 3.63) is 0 Å². The molecule has 2 heteroatoms. The van der Waals surface area contributed by atoms with E-state index in [9.17, 15) is 0 Å². The highest BCUT2D eigenvalue weighted by molar-refractivity contribution is 4.45. The average molecular weight is 174 g/mol. The third kappa shape index (κ3) is 6.62. The summed E-state index contributed by atoms with van der Waals surface area (Å²) in [6.07, 6.45) is 2.29. The van der Waals surface area contributed by atoms with Crippen molar-refractivity contribution in [1.29, 1.82) is 0 Å². The lowest BCUT2D eigenvalue weighted by atomic mass is 10.1. The van der Waals surface area contributed by atoms with Gasteiger partial charge in [-0.15, -0.1) is 0 Å². The molecule has 0 rings (SSSR count). The van der Waals surface area contributed by atoms with Crippen molar-refractivity contribution in [3.8, 4) is 0 Å². The van der Waals surface area contributed by atoms with E-state index in [1.807, 2.05) is 0 Å². The molecule has 74 valence electrons. The smallest absolute Gasteiger partial charge is 0.0847 e. The number of rotatable bonds is 7. The molecular weight excluding hydrogens is 152 g/mol. The Kier molecular flexibility index (Phi) is 7.51. The molecule has 2 atom stereocenters. The molecule has 0 fully saturated rings. The van der Waals surface area contributed by atoms with Gasteiger partial charge < -0.3 is 0 Å². The first-order valence-corrected chi connectivity index (χ1v) is 4.95. The summed E-state index contributed by atoms with van der Waals surface area (Å²) in [5, 5.41) is 0. The van der Waals surface area contributed by atoms with Crippen molar-refractivity contribution >= 4 is 0 Å². The van der Waals surface area contributed by atoms with Gasteiger partial charge in [-0.3, -0.25) is 0 Å². The zero-order valence-electron chi connectivity index (χ0n) is 8.80. The van der Waals surface area contributed by atoms with Gasteiger partial charge in [-0.05, 0) is 11.8 Å². The van der Waals surface area contributed by atoms with E-state index in [1.165, 1.54) is 0 Å². The van der Waals surface area contributed by atoms with Crippen LogP contribution >= 0.6 is 0 Å². The van der Waals surface area contributed by atoms with Crippen LogP contribution in [0.25, 0.3) is 0 Å². The molecule has 0 aromatic carbocycles. The second-order valence-electron chi connectivity index (χ2n) is 3.60. The van der Waals surface area contributed by atoms with Crippen LogP contribution in [0.4, 0.5) is 0 Å². The lowest BCUT2D eigenvalue weighted by Gasteiger charge is -2.11. The van der Waals surface area contributed by atoms with Gasteiger partial charge in [0.05, 0.1) is 13.2 Å². The van der Waals surface area contributed by atoms with Crippen molar-refractivity contribution in [2.75, 3.05) is 13.2 Å². The van der Waals surface area contributed by atoms with Gasteiger partial charge in [0.2, 0.25) is 0 Å². The lowest BCUT2D eigenvalue weighted by Crippen LogP contribution is -2.09. The summed E-state index contributed by atoms with van der Waals surface area (Å²) < 4.78 is 0. The molecule has 0 aliphatic heterocycles. The van der Waals surface area contributed by atoms with Crippen molar-refractivity contribution in [2.45, 2.75) is 40.5 Å². The summed E-state index contributed by atoms with van der Waals surface area (Å²) in [7, 11) is 0. The molecule has 0 saturated heterocycles. The van der Waals surface area contributed by atoms with Crippen molar-refractivity contribution in [3.63, 3.8) is 0 Å². The first kappa shape index (κ1) is 11.9. The molecule has 0 radical (unpaired) electrons. The quantitative estimate of drug-likeness (QED) is 0.335. The van der Waals surface area contributed by atoms with E-state index in [2.05, 4.69) is 27.7 Å². The molecular formula is C10H22O2. The van der Waals surface area contributed by atoms with Crippen LogP contribution in [-0.2, 0) is 9.78 Å². The van der Waals surface area contributed by atoms with Gasteiger partial charge in [-0.2, -0.15) is 0 Å². The topological polar surface area (TPSA) is 18.5 Å². The van der Waals surface area contributed by atoms with E-state index in [0.717, 1.165) is 12.8 Å². The average Bonchev–Trinajstić information content (AvgIpc) is 2.11. The van der Waals surface area contributed by atoms with Crippen LogP contribution < -0.4 is 0 Å². The van der Waals surface area contributed by atoms with E-state index in [4.69, 9.17) is 9.78 Å². The van der Waals surface area contributed by atoms with Crippen LogP contribution in [0.15, 0.2) is 0 Å². The molecule has 2 nitrogen and oxygen atoms in total. The van der Waals surface area contributed by atoms with Gasteiger partial charge >= 0.3 is 0 Å². The van der Waals surface area contributed by atoms with Crippen LogP contribution in [0.2, 0.25) is 0 Å². The minimum atomic E-state index is 0.599. The molecule has 0 saturated carbocycles. The second kappa shape index (κ2) is 7.56. The Morgan fingerprint density at radius 1 is 0.833 bits per heavy atom. The summed E-state index contributed by atoms with van der Waals surface area (Å²) >= 11 is 0. The van der Waals surface area contributed by atoms with Crippen LogP contribution in [0.1, 0.15) is 40.5 Å². The third-order valence-electron chi connectivity index (χ3n) is 2.18. The van der Waals surface area contributed by atoms with Crippen LogP contribution in [0.3, 0.4) is 0 Å². The molecule has 0 aromatic heterocycles. The van der Waals surface area contributed by atoms with Gasteiger partial charge in [-0.1, -0.05) is 40.5 Å². The van der Waals surface area contributed by atoms with E-state index in [1.54, 1.807) is 0 Å². The molecule has 0 N–H and O–H groups in total. The Labute approximate surface area is 76.2 Å². The summed E-state index contributed by atoms with van der Waals surface area (Å²) in [4.78, 5) is 10.1. The largest absolute Gasteiger partial charge is 0.236 e. The minimum Gasteiger partial charge on any atom is -0.236 e. The van der Waals surface area contributed by atoms with Crippen LogP contribution in [0.5, 0.6) is 0 Å². The van der Waals surface area contributed by atoms with Gasteiger partial charge in [0, 0.05) is 0 Å².